The molecule has 0 amide bonds. The van der Waals surface area contributed by atoms with Gasteiger partial charge in [-0.2, -0.15) is 0 Å². The molecule has 0 heterocycles. The van der Waals surface area contributed by atoms with E-state index in [0.29, 0.717) is 12.2 Å². The molecule has 0 unspecified atom stereocenters. The number of aromatic hydroxyl groups is 1. The molecular formula is C20H25NO4. The predicted molar refractivity (Wildman–Crippen MR) is 97.2 cm³/mol. The van der Waals surface area contributed by atoms with Crippen molar-refractivity contribution in [3.05, 3.63) is 59.7 Å². The van der Waals surface area contributed by atoms with E-state index >= 15 is 0 Å². The van der Waals surface area contributed by atoms with Crippen LogP contribution < -0.4 is 4.74 Å². The predicted octanol–water partition coefficient (Wildman–Crippen LogP) is 3.12. The summed E-state index contributed by atoms with van der Waals surface area (Å²) in [5, 5.41) is 9.72. The molecule has 0 saturated carbocycles. The summed E-state index contributed by atoms with van der Waals surface area (Å²) in [6.07, 6.45) is 0.793. The summed E-state index contributed by atoms with van der Waals surface area (Å²) in [4.78, 5) is 14.4. The Bertz CT molecular complexity index is 685. The fourth-order valence-corrected chi connectivity index (χ4v) is 2.44. The molecular weight excluding hydrogens is 318 g/mol. The van der Waals surface area contributed by atoms with Crippen LogP contribution in [0.3, 0.4) is 0 Å². The molecule has 25 heavy (non-hydrogen) atoms. The Labute approximate surface area is 148 Å². The number of hydrogen-bond acceptors (Lipinski definition) is 5. The summed E-state index contributed by atoms with van der Waals surface area (Å²) in [5.74, 6) is -0.139. The van der Waals surface area contributed by atoms with Crippen molar-refractivity contribution in [2.24, 2.45) is 0 Å². The summed E-state index contributed by atoms with van der Waals surface area (Å²) in [6.45, 7) is 2.51. The Morgan fingerprint density at radius 1 is 1.16 bits per heavy atom. The number of ether oxygens (including phenoxy) is 2. The molecule has 2 aromatic rings. The van der Waals surface area contributed by atoms with Crippen LogP contribution in [-0.4, -0.2) is 49.3 Å². The summed E-state index contributed by atoms with van der Waals surface area (Å²) in [7, 11) is 3.93. The van der Waals surface area contributed by atoms with Gasteiger partial charge in [0.1, 0.15) is 6.61 Å². The number of hydrogen-bond donors (Lipinski definition) is 1. The van der Waals surface area contributed by atoms with Crippen LogP contribution in [0.4, 0.5) is 0 Å². The molecule has 0 saturated heterocycles. The number of phenolic OH excluding ortho intramolecular Hbond substituents is 1. The smallest absolute Gasteiger partial charge is 0.338 e. The average Bonchev–Trinajstić information content (AvgIpc) is 2.61. The van der Waals surface area contributed by atoms with Gasteiger partial charge in [0.2, 0.25) is 0 Å². The molecule has 0 aliphatic carbocycles. The van der Waals surface area contributed by atoms with Gasteiger partial charge in [-0.15, -0.1) is 0 Å². The lowest BCUT2D eigenvalue weighted by Gasteiger charge is -2.24. The topological polar surface area (TPSA) is 59.0 Å². The molecule has 0 aromatic heterocycles. The van der Waals surface area contributed by atoms with Crippen LogP contribution in [0.1, 0.15) is 22.8 Å². The van der Waals surface area contributed by atoms with Crippen LogP contribution in [-0.2, 0) is 11.2 Å². The first-order valence-corrected chi connectivity index (χ1v) is 8.34. The van der Waals surface area contributed by atoms with Gasteiger partial charge in [0, 0.05) is 6.04 Å². The third-order valence-electron chi connectivity index (χ3n) is 3.95. The first kappa shape index (κ1) is 18.8. The van der Waals surface area contributed by atoms with E-state index in [1.54, 1.807) is 0 Å². The van der Waals surface area contributed by atoms with Gasteiger partial charge in [-0.05, 0) is 51.2 Å². The zero-order valence-corrected chi connectivity index (χ0v) is 14.9. The molecule has 5 heteroatoms. The SMILES string of the molecule is CCOc1cc(C(=O)OC[C@H](Cc2ccccc2)N(C)C)ccc1O. The number of benzene rings is 2. The third kappa shape index (κ3) is 5.50. The molecule has 0 fully saturated rings. The highest BCUT2D eigenvalue weighted by Gasteiger charge is 2.17. The monoisotopic (exact) mass is 343 g/mol. The van der Waals surface area contributed by atoms with Crippen LogP contribution in [0, 0.1) is 0 Å². The molecule has 0 aliphatic heterocycles. The van der Waals surface area contributed by atoms with E-state index in [4.69, 9.17) is 9.47 Å². The number of esters is 1. The third-order valence-corrected chi connectivity index (χ3v) is 3.95. The molecule has 0 spiro atoms. The second-order valence-corrected chi connectivity index (χ2v) is 6.02. The summed E-state index contributed by atoms with van der Waals surface area (Å²) >= 11 is 0. The lowest BCUT2D eigenvalue weighted by Crippen LogP contribution is -2.35. The van der Waals surface area contributed by atoms with Crippen molar-refractivity contribution in [3.63, 3.8) is 0 Å². The molecule has 1 atom stereocenters. The van der Waals surface area contributed by atoms with Gasteiger partial charge in [-0.3, -0.25) is 0 Å². The summed E-state index contributed by atoms with van der Waals surface area (Å²) in [6, 6.07) is 14.7. The van der Waals surface area contributed by atoms with Crippen molar-refractivity contribution >= 4 is 5.97 Å². The van der Waals surface area contributed by atoms with Crippen molar-refractivity contribution in [2.45, 2.75) is 19.4 Å². The zero-order chi connectivity index (χ0) is 18.2. The van der Waals surface area contributed by atoms with Crippen molar-refractivity contribution in [1.29, 1.82) is 0 Å². The van der Waals surface area contributed by atoms with Crippen molar-refractivity contribution in [2.75, 3.05) is 27.3 Å². The highest BCUT2D eigenvalue weighted by Crippen LogP contribution is 2.27. The number of nitrogens with zero attached hydrogens (tertiary/aromatic N) is 1. The minimum Gasteiger partial charge on any atom is -0.504 e. The standard InChI is InChI=1S/C20H25NO4/c1-4-24-19-13-16(10-11-18(19)22)20(23)25-14-17(21(2)3)12-15-8-6-5-7-9-15/h5-11,13,17,22H,4,12,14H2,1-3H3/t17-/m0/s1. The Hall–Kier alpha value is -2.53. The number of carbonyl (C=O) groups is 1. The maximum absolute atomic E-state index is 12.3. The summed E-state index contributed by atoms with van der Waals surface area (Å²) < 4.78 is 10.8. The largest absolute Gasteiger partial charge is 0.504 e. The quantitative estimate of drug-likeness (QED) is 0.746. The maximum Gasteiger partial charge on any atom is 0.338 e. The molecule has 134 valence electrons. The molecule has 1 N–H and O–H groups in total. The Kier molecular flexibility index (Phi) is 6.83. The minimum atomic E-state index is -0.430. The first-order valence-electron chi connectivity index (χ1n) is 8.34. The summed E-state index contributed by atoms with van der Waals surface area (Å²) in [5.41, 5.74) is 1.55. The highest BCUT2D eigenvalue weighted by atomic mass is 16.5. The normalized spacial score (nSPS) is 12.0. The minimum absolute atomic E-state index is 0.00801. The van der Waals surface area contributed by atoms with E-state index in [0.717, 1.165) is 6.42 Å². The van der Waals surface area contributed by atoms with E-state index in [1.807, 2.05) is 44.1 Å². The number of rotatable bonds is 8. The van der Waals surface area contributed by atoms with Gasteiger partial charge in [-0.25, -0.2) is 4.79 Å². The Morgan fingerprint density at radius 2 is 1.88 bits per heavy atom. The number of likely N-dealkylation sites (N-methyl/N-ethyl adjacent to an activating group) is 1. The van der Waals surface area contributed by atoms with Crippen molar-refractivity contribution in [3.8, 4) is 11.5 Å². The van der Waals surface area contributed by atoms with Crippen LogP contribution >= 0.6 is 0 Å². The van der Waals surface area contributed by atoms with E-state index in [1.165, 1.54) is 23.8 Å². The molecule has 0 bridgehead atoms. The van der Waals surface area contributed by atoms with E-state index in [-0.39, 0.29) is 24.1 Å². The highest BCUT2D eigenvalue weighted by molar-refractivity contribution is 5.90. The number of phenols is 1. The van der Waals surface area contributed by atoms with Crippen molar-refractivity contribution in [1.82, 2.24) is 4.90 Å². The van der Waals surface area contributed by atoms with Gasteiger partial charge in [-0.1, -0.05) is 30.3 Å². The van der Waals surface area contributed by atoms with Crippen LogP contribution in [0.25, 0.3) is 0 Å². The van der Waals surface area contributed by atoms with Crippen LogP contribution in [0.2, 0.25) is 0 Å². The molecule has 2 aromatic carbocycles. The molecule has 0 radical (unpaired) electrons. The second kappa shape index (κ2) is 9.08. The first-order chi connectivity index (χ1) is 12.0. The fraction of sp³-hybridized carbons (Fsp3) is 0.350. The molecule has 5 nitrogen and oxygen atoms in total. The van der Waals surface area contributed by atoms with Gasteiger partial charge >= 0.3 is 5.97 Å². The molecule has 0 aliphatic rings. The van der Waals surface area contributed by atoms with Gasteiger partial charge in [0.25, 0.3) is 0 Å². The zero-order valence-electron chi connectivity index (χ0n) is 14.9. The van der Waals surface area contributed by atoms with Crippen molar-refractivity contribution < 1.29 is 19.4 Å². The molecule has 2 rings (SSSR count). The fourth-order valence-electron chi connectivity index (χ4n) is 2.44. The maximum atomic E-state index is 12.3. The Morgan fingerprint density at radius 3 is 2.52 bits per heavy atom. The van der Waals surface area contributed by atoms with E-state index in [9.17, 15) is 9.90 Å². The van der Waals surface area contributed by atoms with E-state index in [2.05, 4.69) is 12.1 Å². The van der Waals surface area contributed by atoms with Gasteiger partial charge in [0.05, 0.1) is 12.2 Å². The van der Waals surface area contributed by atoms with Crippen LogP contribution in [0.5, 0.6) is 11.5 Å². The van der Waals surface area contributed by atoms with E-state index < -0.39 is 5.97 Å². The van der Waals surface area contributed by atoms with Crippen LogP contribution in [0.15, 0.2) is 48.5 Å². The second-order valence-electron chi connectivity index (χ2n) is 6.02. The number of carbonyl (C=O) groups excluding carboxylic acids is 1. The average molecular weight is 343 g/mol. The van der Waals surface area contributed by atoms with Gasteiger partial charge < -0.3 is 19.5 Å². The Balaban J connectivity index is 2.00. The van der Waals surface area contributed by atoms with Gasteiger partial charge in [0.15, 0.2) is 11.5 Å². The lowest BCUT2D eigenvalue weighted by atomic mass is 10.1. The lowest BCUT2D eigenvalue weighted by molar-refractivity contribution is 0.0400.